The molecule has 154 valence electrons. The second-order valence-corrected chi connectivity index (χ2v) is 7.60. The summed E-state index contributed by atoms with van der Waals surface area (Å²) in [5, 5.41) is 3.39. The molecule has 0 bridgehead atoms. The van der Waals surface area contributed by atoms with Crippen molar-refractivity contribution in [2.75, 3.05) is 39.8 Å². The fourth-order valence-electron chi connectivity index (χ4n) is 3.95. The lowest BCUT2D eigenvalue weighted by Crippen LogP contribution is -2.43. The summed E-state index contributed by atoms with van der Waals surface area (Å²) in [6.45, 7) is 6.63. The van der Waals surface area contributed by atoms with Gasteiger partial charge in [0.2, 0.25) is 0 Å². The summed E-state index contributed by atoms with van der Waals surface area (Å²) in [4.78, 5) is 9.15. The molecule has 0 amide bonds. The van der Waals surface area contributed by atoms with Gasteiger partial charge in [-0.2, -0.15) is 13.2 Å². The first-order valence-electron chi connectivity index (χ1n) is 9.90. The van der Waals surface area contributed by atoms with Crippen LogP contribution in [0.5, 0.6) is 0 Å². The molecule has 7 heteroatoms. The van der Waals surface area contributed by atoms with Gasteiger partial charge in [0.15, 0.2) is 5.96 Å². The van der Waals surface area contributed by atoms with Crippen LogP contribution in [-0.4, -0.2) is 61.6 Å². The molecule has 0 aromatic heterocycles. The van der Waals surface area contributed by atoms with E-state index in [1.165, 1.54) is 12.1 Å². The van der Waals surface area contributed by atoms with E-state index < -0.39 is 11.7 Å². The number of rotatable bonds is 5. The van der Waals surface area contributed by atoms with Crippen LogP contribution in [0.15, 0.2) is 41.4 Å². The van der Waals surface area contributed by atoms with Crippen LogP contribution in [0, 0.1) is 0 Å². The molecule has 1 saturated heterocycles. The molecule has 2 aliphatic heterocycles. The predicted octanol–water partition coefficient (Wildman–Crippen LogP) is 3.72. The molecule has 0 aliphatic carbocycles. The minimum Gasteiger partial charge on any atom is -0.356 e. The van der Waals surface area contributed by atoms with E-state index in [1.54, 1.807) is 13.1 Å². The number of alkyl halides is 3. The van der Waals surface area contributed by atoms with Crippen LogP contribution in [0.25, 0.3) is 0 Å². The number of nitrogens with one attached hydrogen (secondary N) is 1. The van der Waals surface area contributed by atoms with Crippen LogP contribution in [0.3, 0.4) is 0 Å². The Morgan fingerprint density at radius 3 is 2.71 bits per heavy atom. The van der Waals surface area contributed by atoms with Gasteiger partial charge in [-0.25, -0.2) is 0 Å². The second-order valence-electron chi connectivity index (χ2n) is 7.60. The fourth-order valence-corrected chi connectivity index (χ4v) is 3.95. The summed E-state index contributed by atoms with van der Waals surface area (Å²) >= 11 is 0. The van der Waals surface area contributed by atoms with Gasteiger partial charge < -0.3 is 10.2 Å². The third-order valence-electron chi connectivity index (χ3n) is 5.68. The zero-order valence-electron chi connectivity index (χ0n) is 16.5. The Morgan fingerprint density at radius 1 is 1.29 bits per heavy atom. The van der Waals surface area contributed by atoms with Crippen LogP contribution in [0.4, 0.5) is 13.2 Å². The Kier molecular flexibility index (Phi) is 6.65. The molecule has 1 fully saturated rings. The minimum absolute atomic E-state index is 0.0370. The van der Waals surface area contributed by atoms with E-state index in [9.17, 15) is 13.2 Å². The maximum atomic E-state index is 12.9. The van der Waals surface area contributed by atoms with Crippen molar-refractivity contribution < 1.29 is 13.2 Å². The Bertz CT molecular complexity index is 706. The molecule has 1 N–H and O–H groups in total. The van der Waals surface area contributed by atoms with Gasteiger partial charge in [0.1, 0.15) is 0 Å². The Hall–Kier alpha value is -2.02. The van der Waals surface area contributed by atoms with Crippen molar-refractivity contribution in [2.24, 2.45) is 4.99 Å². The molecule has 1 aromatic carbocycles. The molecule has 28 heavy (non-hydrogen) atoms. The van der Waals surface area contributed by atoms with E-state index in [0.29, 0.717) is 12.6 Å². The summed E-state index contributed by atoms with van der Waals surface area (Å²) in [5.74, 6) is 0.917. The maximum absolute atomic E-state index is 12.9. The summed E-state index contributed by atoms with van der Waals surface area (Å²) < 4.78 is 38.7. The molecule has 1 aromatic rings. The highest BCUT2D eigenvalue weighted by Crippen LogP contribution is 2.31. The maximum Gasteiger partial charge on any atom is 0.416 e. The Balaban J connectivity index is 1.48. The Labute approximate surface area is 165 Å². The van der Waals surface area contributed by atoms with Gasteiger partial charge in [0.25, 0.3) is 0 Å². The van der Waals surface area contributed by atoms with Crippen molar-refractivity contribution in [3.05, 3.63) is 47.5 Å². The minimum atomic E-state index is -4.30. The Morgan fingerprint density at radius 2 is 2.04 bits per heavy atom. The SMILES string of the molecule is CN=C(NCCC(C)c1cccc(C(F)(F)F)c1)N1CCC(N2CC=CC2)C1. The molecular formula is C21H29F3N4. The fraction of sp³-hybridized carbons (Fsp3) is 0.571. The third-order valence-corrected chi connectivity index (χ3v) is 5.68. The van der Waals surface area contributed by atoms with Gasteiger partial charge in [-0.3, -0.25) is 9.89 Å². The molecule has 4 nitrogen and oxygen atoms in total. The average Bonchev–Trinajstić information content (AvgIpc) is 3.36. The molecule has 0 saturated carbocycles. The highest BCUT2D eigenvalue weighted by molar-refractivity contribution is 5.80. The van der Waals surface area contributed by atoms with Crippen LogP contribution in [0.1, 0.15) is 36.8 Å². The van der Waals surface area contributed by atoms with Crippen LogP contribution in [-0.2, 0) is 6.18 Å². The average molecular weight is 394 g/mol. The third kappa shape index (κ3) is 5.07. The van der Waals surface area contributed by atoms with Crippen molar-refractivity contribution in [1.29, 1.82) is 0 Å². The topological polar surface area (TPSA) is 30.9 Å². The summed E-state index contributed by atoms with van der Waals surface area (Å²) in [6, 6.07) is 6.19. The number of aliphatic imine (C=N–C) groups is 1. The van der Waals surface area contributed by atoms with Gasteiger partial charge >= 0.3 is 6.18 Å². The number of likely N-dealkylation sites (tertiary alicyclic amines) is 1. The van der Waals surface area contributed by atoms with Gasteiger partial charge in [-0.1, -0.05) is 37.3 Å². The quantitative estimate of drug-likeness (QED) is 0.469. The summed E-state index contributed by atoms with van der Waals surface area (Å²) in [5.41, 5.74) is 0.134. The normalized spacial score (nSPS) is 22.1. The number of hydrogen-bond donors (Lipinski definition) is 1. The number of halogens is 3. The lowest BCUT2D eigenvalue weighted by atomic mass is 9.96. The van der Waals surface area contributed by atoms with Gasteiger partial charge in [0, 0.05) is 45.8 Å². The van der Waals surface area contributed by atoms with E-state index in [-0.39, 0.29) is 5.92 Å². The van der Waals surface area contributed by atoms with Crippen molar-refractivity contribution in [2.45, 2.75) is 37.9 Å². The van der Waals surface area contributed by atoms with E-state index in [1.807, 2.05) is 6.92 Å². The van der Waals surface area contributed by atoms with Crippen LogP contribution in [0.2, 0.25) is 0 Å². The number of benzene rings is 1. The molecule has 0 radical (unpaired) electrons. The molecule has 2 atom stereocenters. The van der Waals surface area contributed by atoms with E-state index in [2.05, 4.69) is 32.3 Å². The second kappa shape index (κ2) is 8.99. The van der Waals surface area contributed by atoms with Gasteiger partial charge in [-0.15, -0.1) is 0 Å². The standard InChI is InChI=1S/C21H29F3N4/c1-16(17-6-5-7-18(14-17)21(22,23)24)8-10-26-20(25-2)28-13-9-19(15-28)27-11-3-4-12-27/h3-7,14,16,19H,8-13,15H2,1-2H3,(H,25,26). The van der Waals surface area contributed by atoms with E-state index in [0.717, 1.165) is 56.6 Å². The molecular weight excluding hydrogens is 365 g/mol. The van der Waals surface area contributed by atoms with E-state index >= 15 is 0 Å². The molecule has 2 aliphatic rings. The first-order chi connectivity index (χ1) is 13.4. The zero-order valence-corrected chi connectivity index (χ0v) is 16.5. The van der Waals surface area contributed by atoms with Crippen molar-refractivity contribution in [3.8, 4) is 0 Å². The highest BCUT2D eigenvalue weighted by atomic mass is 19.4. The highest BCUT2D eigenvalue weighted by Gasteiger charge is 2.31. The predicted molar refractivity (Wildman–Crippen MR) is 107 cm³/mol. The lowest BCUT2D eigenvalue weighted by Gasteiger charge is -2.25. The van der Waals surface area contributed by atoms with E-state index in [4.69, 9.17) is 0 Å². The van der Waals surface area contributed by atoms with Crippen molar-refractivity contribution in [3.63, 3.8) is 0 Å². The first kappa shape index (κ1) is 20.7. The summed E-state index contributed by atoms with van der Waals surface area (Å²) in [6.07, 6.45) is 2.00. The molecule has 0 spiro atoms. The van der Waals surface area contributed by atoms with Gasteiger partial charge in [-0.05, 0) is 30.4 Å². The van der Waals surface area contributed by atoms with Crippen molar-refractivity contribution in [1.82, 2.24) is 15.1 Å². The molecule has 2 unspecified atom stereocenters. The number of guanidine groups is 1. The summed E-state index contributed by atoms with van der Waals surface area (Å²) in [7, 11) is 1.78. The first-order valence-corrected chi connectivity index (χ1v) is 9.90. The monoisotopic (exact) mass is 394 g/mol. The molecule has 2 heterocycles. The van der Waals surface area contributed by atoms with Crippen LogP contribution >= 0.6 is 0 Å². The lowest BCUT2D eigenvalue weighted by molar-refractivity contribution is -0.137. The number of nitrogens with zero attached hydrogens (tertiary/aromatic N) is 3. The van der Waals surface area contributed by atoms with Crippen molar-refractivity contribution >= 4 is 5.96 Å². The molecule has 3 rings (SSSR count). The zero-order chi connectivity index (χ0) is 20.1. The smallest absolute Gasteiger partial charge is 0.356 e. The van der Waals surface area contributed by atoms with Crippen LogP contribution < -0.4 is 5.32 Å². The largest absolute Gasteiger partial charge is 0.416 e. The number of hydrogen-bond acceptors (Lipinski definition) is 2. The van der Waals surface area contributed by atoms with Gasteiger partial charge in [0.05, 0.1) is 5.56 Å².